The van der Waals surface area contributed by atoms with Crippen LogP contribution in [0.5, 0.6) is 0 Å². The molecule has 1 atom stereocenters. The molecular weight excluding hydrogens is 331 g/mol. The lowest BCUT2D eigenvalue weighted by Gasteiger charge is -2.13. The van der Waals surface area contributed by atoms with Gasteiger partial charge in [0.05, 0.1) is 5.69 Å². The first-order valence-electron chi connectivity index (χ1n) is 7.25. The van der Waals surface area contributed by atoms with Gasteiger partial charge >= 0.3 is 0 Å². The topological polar surface area (TPSA) is 58.2 Å². The number of benzene rings is 2. The van der Waals surface area contributed by atoms with Crippen molar-refractivity contribution >= 4 is 35.2 Å². The van der Waals surface area contributed by atoms with Gasteiger partial charge < -0.3 is 10.6 Å². The zero-order chi connectivity index (χ0) is 17.5. The van der Waals surface area contributed by atoms with Gasteiger partial charge in [0.2, 0.25) is 11.8 Å². The Bertz CT molecular complexity index is 763. The number of rotatable bonds is 5. The van der Waals surface area contributed by atoms with Crippen LogP contribution in [-0.2, 0) is 9.59 Å². The SMILES string of the molecule is CC(NC(=O)/C=C/c1ccccc1)C(=O)Nc1ccc(Cl)cc1F. The Morgan fingerprint density at radius 3 is 2.54 bits per heavy atom. The standard InChI is InChI=1S/C18H16ClFN2O2/c1-12(18(24)22-16-9-8-14(19)11-15(16)20)21-17(23)10-7-13-5-3-2-4-6-13/h2-12H,1H3,(H,21,23)(H,22,24)/b10-7+. The van der Waals surface area contributed by atoms with E-state index in [1.807, 2.05) is 30.3 Å². The molecule has 0 aromatic heterocycles. The molecule has 0 fully saturated rings. The highest BCUT2D eigenvalue weighted by atomic mass is 35.5. The van der Waals surface area contributed by atoms with Crippen LogP contribution >= 0.6 is 11.6 Å². The number of nitrogens with one attached hydrogen (secondary N) is 2. The molecule has 0 aliphatic heterocycles. The molecule has 124 valence electrons. The zero-order valence-electron chi connectivity index (χ0n) is 12.9. The maximum absolute atomic E-state index is 13.6. The molecule has 0 aliphatic carbocycles. The lowest BCUT2D eigenvalue weighted by atomic mass is 10.2. The second kappa shape index (κ2) is 8.26. The van der Waals surface area contributed by atoms with Gasteiger partial charge in [-0.25, -0.2) is 4.39 Å². The third-order valence-electron chi connectivity index (χ3n) is 3.17. The van der Waals surface area contributed by atoms with E-state index in [-0.39, 0.29) is 10.7 Å². The third-order valence-corrected chi connectivity index (χ3v) is 3.40. The highest BCUT2D eigenvalue weighted by Crippen LogP contribution is 2.18. The molecule has 4 nitrogen and oxygen atoms in total. The Morgan fingerprint density at radius 1 is 1.17 bits per heavy atom. The van der Waals surface area contributed by atoms with Crippen molar-refractivity contribution in [2.75, 3.05) is 5.32 Å². The molecule has 0 aliphatic rings. The van der Waals surface area contributed by atoms with Crippen molar-refractivity contribution in [1.29, 1.82) is 0 Å². The van der Waals surface area contributed by atoms with Crippen molar-refractivity contribution in [2.24, 2.45) is 0 Å². The fourth-order valence-corrected chi connectivity index (χ4v) is 2.05. The second-order valence-electron chi connectivity index (χ2n) is 5.09. The molecule has 2 aromatic rings. The Hall–Kier alpha value is -2.66. The van der Waals surface area contributed by atoms with Gasteiger partial charge in [0.25, 0.3) is 0 Å². The summed E-state index contributed by atoms with van der Waals surface area (Å²) in [6.07, 6.45) is 2.97. The van der Waals surface area contributed by atoms with E-state index in [1.54, 1.807) is 6.08 Å². The fourth-order valence-electron chi connectivity index (χ4n) is 1.89. The molecule has 2 aromatic carbocycles. The molecule has 0 saturated carbocycles. The van der Waals surface area contributed by atoms with Crippen LogP contribution in [0.2, 0.25) is 5.02 Å². The second-order valence-corrected chi connectivity index (χ2v) is 5.52. The number of carbonyl (C=O) groups excluding carboxylic acids is 2. The minimum absolute atomic E-state index is 0.00493. The van der Waals surface area contributed by atoms with Crippen LogP contribution in [0.1, 0.15) is 12.5 Å². The largest absolute Gasteiger partial charge is 0.341 e. The van der Waals surface area contributed by atoms with Gasteiger partial charge in [0.15, 0.2) is 0 Å². The number of amides is 2. The minimum Gasteiger partial charge on any atom is -0.341 e. The monoisotopic (exact) mass is 346 g/mol. The molecule has 0 saturated heterocycles. The van der Waals surface area contributed by atoms with Crippen molar-refractivity contribution in [3.05, 3.63) is 71.0 Å². The van der Waals surface area contributed by atoms with Crippen molar-refractivity contribution in [3.63, 3.8) is 0 Å². The number of hydrogen-bond donors (Lipinski definition) is 2. The van der Waals surface area contributed by atoms with E-state index in [0.717, 1.165) is 11.6 Å². The van der Waals surface area contributed by atoms with E-state index in [0.29, 0.717) is 0 Å². The van der Waals surface area contributed by atoms with Crippen LogP contribution in [-0.4, -0.2) is 17.9 Å². The van der Waals surface area contributed by atoms with Gasteiger partial charge in [-0.3, -0.25) is 9.59 Å². The van der Waals surface area contributed by atoms with Gasteiger partial charge in [0, 0.05) is 11.1 Å². The van der Waals surface area contributed by atoms with Gasteiger partial charge in [-0.2, -0.15) is 0 Å². The molecule has 2 rings (SSSR count). The van der Waals surface area contributed by atoms with Crippen LogP contribution in [0.4, 0.5) is 10.1 Å². The summed E-state index contributed by atoms with van der Waals surface area (Å²) in [7, 11) is 0. The smallest absolute Gasteiger partial charge is 0.246 e. The first-order valence-corrected chi connectivity index (χ1v) is 7.63. The van der Waals surface area contributed by atoms with Crippen molar-refractivity contribution in [2.45, 2.75) is 13.0 Å². The fraction of sp³-hybridized carbons (Fsp3) is 0.111. The maximum atomic E-state index is 13.6. The molecule has 0 bridgehead atoms. The third kappa shape index (κ3) is 5.21. The Balaban J connectivity index is 1.91. The Morgan fingerprint density at radius 2 is 1.88 bits per heavy atom. The summed E-state index contributed by atoms with van der Waals surface area (Å²) in [5.41, 5.74) is 0.873. The van der Waals surface area contributed by atoms with Crippen LogP contribution in [0.3, 0.4) is 0 Å². The lowest BCUT2D eigenvalue weighted by molar-refractivity contribution is -0.123. The predicted molar refractivity (Wildman–Crippen MR) is 93.1 cm³/mol. The summed E-state index contributed by atoms with van der Waals surface area (Å²) < 4.78 is 13.6. The van der Waals surface area contributed by atoms with E-state index in [1.165, 1.54) is 25.1 Å². The predicted octanol–water partition coefficient (Wildman–Crippen LogP) is 3.64. The molecule has 6 heteroatoms. The van der Waals surface area contributed by atoms with Crippen molar-refractivity contribution < 1.29 is 14.0 Å². The first kappa shape index (κ1) is 17.7. The van der Waals surface area contributed by atoms with Gasteiger partial charge in [-0.15, -0.1) is 0 Å². The Kier molecular flexibility index (Phi) is 6.09. The van der Waals surface area contributed by atoms with Crippen LogP contribution in [0, 0.1) is 5.82 Å². The summed E-state index contributed by atoms with van der Waals surface area (Å²) in [4.78, 5) is 23.8. The van der Waals surface area contributed by atoms with E-state index in [9.17, 15) is 14.0 Å². The molecule has 24 heavy (non-hydrogen) atoms. The highest BCUT2D eigenvalue weighted by molar-refractivity contribution is 6.30. The zero-order valence-corrected chi connectivity index (χ0v) is 13.7. The first-order chi connectivity index (χ1) is 11.5. The van der Waals surface area contributed by atoms with Crippen molar-refractivity contribution in [1.82, 2.24) is 5.32 Å². The van der Waals surface area contributed by atoms with Gasteiger partial charge in [0.1, 0.15) is 11.9 Å². The van der Waals surface area contributed by atoms with Crippen LogP contribution in [0.15, 0.2) is 54.6 Å². The molecule has 2 amide bonds. The summed E-state index contributed by atoms with van der Waals surface area (Å²) in [6.45, 7) is 1.51. The van der Waals surface area contributed by atoms with Gasteiger partial charge in [-0.05, 0) is 36.8 Å². The van der Waals surface area contributed by atoms with Crippen molar-refractivity contribution in [3.8, 4) is 0 Å². The van der Waals surface area contributed by atoms with Crippen LogP contribution < -0.4 is 10.6 Å². The summed E-state index contributed by atoms with van der Waals surface area (Å²) >= 11 is 5.65. The molecule has 0 heterocycles. The molecule has 0 radical (unpaired) electrons. The number of carbonyl (C=O) groups is 2. The quantitative estimate of drug-likeness (QED) is 0.812. The van der Waals surface area contributed by atoms with E-state index >= 15 is 0 Å². The van der Waals surface area contributed by atoms with E-state index in [2.05, 4.69) is 10.6 Å². The molecule has 0 spiro atoms. The number of hydrogen-bond acceptors (Lipinski definition) is 2. The summed E-state index contributed by atoms with van der Waals surface area (Å²) in [6, 6.07) is 12.4. The average molecular weight is 347 g/mol. The average Bonchev–Trinajstić information content (AvgIpc) is 2.56. The van der Waals surface area contributed by atoms with Gasteiger partial charge in [-0.1, -0.05) is 41.9 Å². The summed E-state index contributed by atoms with van der Waals surface area (Å²) in [5.74, 6) is -1.59. The van der Waals surface area contributed by atoms with Crippen LogP contribution in [0.25, 0.3) is 6.08 Å². The minimum atomic E-state index is -0.826. The van der Waals surface area contributed by atoms with E-state index in [4.69, 9.17) is 11.6 Å². The number of halogens is 2. The normalized spacial score (nSPS) is 12.0. The summed E-state index contributed by atoms with van der Waals surface area (Å²) in [5, 5.41) is 5.15. The Labute approximate surface area is 144 Å². The maximum Gasteiger partial charge on any atom is 0.246 e. The molecule has 1 unspecified atom stereocenters. The molecule has 2 N–H and O–H groups in total. The van der Waals surface area contributed by atoms with E-state index < -0.39 is 23.7 Å². The highest BCUT2D eigenvalue weighted by Gasteiger charge is 2.16. The number of anilines is 1. The lowest BCUT2D eigenvalue weighted by Crippen LogP contribution is -2.41. The molecular formula is C18H16ClFN2O2.